The maximum absolute atomic E-state index is 12.1. The molecule has 0 saturated carbocycles. The molecular formula is C17H17N3O3S. The lowest BCUT2D eigenvalue weighted by Gasteiger charge is -2.12. The van der Waals surface area contributed by atoms with Gasteiger partial charge in [0.05, 0.1) is 23.1 Å². The van der Waals surface area contributed by atoms with Gasteiger partial charge in [-0.3, -0.25) is 4.79 Å². The first-order chi connectivity index (χ1) is 11.3. The van der Waals surface area contributed by atoms with Crippen molar-refractivity contribution < 1.29 is 13.2 Å². The zero-order valence-electron chi connectivity index (χ0n) is 13.3. The van der Waals surface area contributed by atoms with Gasteiger partial charge >= 0.3 is 0 Å². The molecule has 0 radical (unpaired) electrons. The lowest BCUT2D eigenvalue weighted by molar-refractivity contribution is -0.115. The van der Waals surface area contributed by atoms with Gasteiger partial charge in [0.2, 0.25) is 15.9 Å². The Morgan fingerprint density at radius 1 is 1.08 bits per heavy atom. The van der Waals surface area contributed by atoms with Crippen LogP contribution in [0.1, 0.15) is 16.7 Å². The van der Waals surface area contributed by atoms with Gasteiger partial charge < -0.3 is 5.32 Å². The number of aryl methyl sites for hydroxylation is 2. The van der Waals surface area contributed by atoms with Crippen LogP contribution >= 0.6 is 0 Å². The van der Waals surface area contributed by atoms with Gasteiger partial charge in [-0.1, -0.05) is 18.2 Å². The third-order valence-electron chi connectivity index (χ3n) is 3.46. The van der Waals surface area contributed by atoms with E-state index in [0.717, 1.165) is 11.1 Å². The summed E-state index contributed by atoms with van der Waals surface area (Å²) < 4.78 is 26.5. The standard InChI is InChI=1S/C17H17N3O3S/c1-12-4-3-5-13(2)17(12)20-16(21)11-19-24(22,23)15-8-6-14(10-18)7-9-15/h3-9,19H,11H2,1-2H3,(H,20,21). The van der Waals surface area contributed by atoms with E-state index in [2.05, 4.69) is 10.0 Å². The Hall–Kier alpha value is -2.69. The first-order valence-corrected chi connectivity index (χ1v) is 8.67. The van der Waals surface area contributed by atoms with E-state index in [-0.39, 0.29) is 11.4 Å². The van der Waals surface area contributed by atoms with Crippen molar-refractivity contribution in [3.05, 3.63) is 59.2 Å². The number of nitrogens with one attached hydrogen (secondary N) is 2. The van der Waals surface area contributed by atoms with Gasteiger partial charge in [0.25, 0.3) is 0 Å². The molecule has 6 nitrogen and oxygen atoms in total. The lowest BCUT2D eigenvalue weighted by Crippen LogP contribution is -2.33. The average Bonchev–Trinajstić information content (AvgIpc) is 2.56. The van der Waals surface area contributed by atoms with E-state index >= 15 is 0 Å². The summed E-state index contributed by atoms with van der Waals surface area (Å²) in [6.45, 7) is 3.35. The number of carbonyl (C=O) groups excluding carboxylic acids is 1. The molecule has 0 fully saturated rings. The number of benzene rings is 2. The fourth-order valence-electron chi connectivity index (χ4n) is 2.15. The van der Waals surface area contributed by atoms with Gasteiger partial charge in [-0.15, -0.1) is 0 Å². The summed E-state index contributed by atoms with van der Waals surface area (Å²) in [5.41, 5.74) is 2.85. The Morgan fingerprint density at radius 2 is 1.67 bits per heavy atom. The lowest BCUT2D eigenvalue weighted by atomic mass is 10.1. The van der Waals surface area contributed by atoms with Gasteiger partial charge in [-0.05, 0) is 49.2 Å². The number of anilines is 1. The van der Waals surface area contributed by atoms with Crippen LogP contribution in [0.4, 0.5) is 5.69 Å². The molecule has 0 aliphatic carbocycles. The third-order valence-corrected chi connectivity index (χ3v) is 4.88. The second-order valence-corrected chi connectivity index (χ2v) is 7.04. The summed E-state index contributed by atoms with van der Waals surface area (Å²) in [5.74, 6) is -0.454. The molecule has 0 unspecified atom stereocenters. The largest absolute Gasteiger partial charge is 0.324 e. The maximum Gasteiger partial charge on any atom is 0.241 e. The van der Waals surface area contributed by atoms with E-state index in [1.807, 2.05) is 38.1 Å². The first-order valence-electron chi connectivity index (χ1n) is 7.19. The monoisotopic (exact) mass is 343 g/mol. The molecule has 2 N–H and O–H groups in total. The molecule has 0 bridgehead atoms. The second-order valence-electron chi connectivity index (χ2n) is 5.28. The predicted octanol–water partition coefficient (Wildman–Crippen LogP) is 2.09. The summed E-state index contributed by atoms with van der Waals surface area (Å²) in [5, 5.41) is 11.4. The van der Waals surface area contributed by atoms with Crippen LogP contribution in [0.3, 0.4) is 0 Å². The Balaban J connectivity index is 2.03. The Bertz CT molecular complexity index is 877. The number of carbonyl (C=O) groups is 1. The van der Waals surface area contributed by atoms with Crippen LogP contribution in [0.2, 0.25) is 0 Å². The summed E-state index contributed by atoms with van der Waals surface area (Å²) in [7, 11) is -3.81. The van der Waals surface area contributed by atoms with Crippen molar-refractivity contribution in [1.82, 2.24) is 4.72 Å². The van der Waals surface area contributed by atoms with Crippen molar-refractivity contribution in [3.63, 3.8) is 0 Å². The molecule has 1 amide bonds. The number of sulfonamides is 1. The number of hydrogen-bond acceptors (Lipinski definition) is 4. The molecule has 7 heteroatoms. The van der Waals surface area contributed by atoms with Crippen LogP contribution in [0, 0.1) is 25.2 Å². The third kappa shape index (κ3) is 4.19. The van der Waals surface area contributed by atoms with Crippen molar-refractivity contribution in [1.29, 1.82) is 5.26 Å². The average molecular weight is 343 g/mol. The smallest absolute Gasteiger partial charge is 0.241 e. The molecule has 0 aliphatic heterocycles. The Morgan fingerprint density at radius 3 is 2.21 bits per heavy atom. The van der Waals surface area contributed by atoms with E-state index < -0.39 is 15.9 Å². The van der Waals surface area contributed by atoms with Gasteiger partial charge in [-0.2, -0.15) is 5.26 Å². The first kappa shape index (κ1) is 17.7. The van der Waals surface area contributed by atoms with Crippen molar-refractivity contribution in [3.8, 4) is 6.07 Å². The van der Waals surface area contributed by atoms with Crippen LogP contribution in [0.15, 0.2) is 47.4 Å². The van der Waals surface area contributed by atoms with E-state index in [1.165, 1.54) is 24.3 Å². The molecule has 0 heterocycles. The molecule has 0 atom stereocenters. The van der Waals surface area contributed by atoms with Gasteiger partial charge in [0.15, 0.2) is 0 Å². The van der Waals surface area contributed by atoms with E-state index in [1.54, 1.807) is 0 Å². The van der Waals surface area contributed by atoms with Crippen molar-refractivity contribution in [2.75, 3.05) is 11.9 Å². The number of amides is 1. The van der Waals surface area contributed by atoms with Crippen molar-refractivity contribution >= 4 is 21.6 Å². The molecule has 24 heavy (non-hydrogen) atoms. The SMILES string of the molecule is Cc1cccc(C)c1NC(=O)CNS(=O)(=O)c1ccc(C#N)cc1. The maximum atomic E-state index is 12.1. The quantitative estimate of drug-likeness (QED) is 0.868. The minimum absolute atomic E-state index is 0.00127. The van der Waals surface area contributed by atoms with Gasteiger partial charge in [-0.25, -0.2) is 13.1 Å². The van der Waals surface area contributed by atoms with Crippen LogP contribution in [-0.2, 0) is 14.8 Å². The van der Waals surface area contributed by atoms with Crippen LogP contribution in [0.25, 0.3) is 0 Å². The normalized spacial score (nSPS) is 10.9. The molecule has 0 saturated heterocycles. The fraction of sp³-hybridized carbons (Fsp3) is 0.176. The summed E-state index contributed by atoms with van der Waals surface area (Å²) >= 11 is 0. The molecule has 124 valence electrons. The van der Waals surface area contributed by atoms with E-state index in [9.17, 15) is 13.2 Å². The fourth-order valence-corrected chi connectivity index (χ4v) is 3.13. The highest BCUT2D eigenvalue weighted by Crippen LogP contribution is 2.19. The molecule has 2 aromatic carbocycles. The minimum Gasteiger partial charge on any atom is -0.324 e. The number of para-hydroxylation sites is 1. The molecular weight excluding hydrogens is 326 g/mol. The highest BCUT2D eigenvalue weighted by molar-refractivity contribution is 7.89. The molecule has 0 spiro atoms. The van der Waals surface area contributed by atoms with E-state index in [0.29, 0.717) is 11.3 Å². The molecule has 0 aliphatic rings. The molecule has 0 aromatic heterocycles. The van der Waals surface area contributed by atoms with E-state index in [4.69, 9.17) is 5.26 Å². The Kier molecular flexibility index (Phi) is 5.34. The summed E-state index contributed by atoms with van der Waals surface area (Å²) in [6.07, 6.45) is 0. The van der Waals surface area contributed by atoms with Crippen LogP contribution in [-0.4, -0.2) is 20.9 Å². The predicted molar refractivity (Wildman–Crippen MR) is 90.9 cm³/mol. The van der Waals surface area contributed by atoms with Crippen LogP contribution in [0.5, 0.6) is 0 Å². The highest BCUT2D eigenvalue weighted by atomic mass is 32.2. The van der Waals surface area contributed by atoms with Gasteiger partial charge in [0, 0.05) is 5.69 Å². The zero-order valence-corrected chi connectivity index (χ0v) is 14.1. The topological polar surface area (TPSA) is 99.1 Å². The number of nitrogens with zero attached hydrogens (tertiary/aromatic N) is 1. The second kappa shape index (κ2) is 7.25. The number of nitriles is 1. The van der Waals surface area contributed by atoms with Gasteiger partial charge in [0.1, 0.15) is 0 Å². The number of hydrogen-bond donors (Lipinski definition) is 2. The van der Waals surface area contributed by atoms with Crippen molar-refractivity contribution in [2.45, 2.75) is 18.7 Å². The van der Waals surface area contributed by atoms with Crippen molar-refractivity contribution in [2.24, 2.45) is 0 Å². The zero-order chi connectivity index (χ0) is 17.7. The van der Waals surface area contributed by atoms with Crippen LogP contribution < -0.4 is 10.0 Å². The highest BCUT2D eigenvalue weighted by Gasteiger charge is 2.16. The minimum atomic E-state index is -3.81. The summed E-state index contributed by atoms with van der Waals surface area (Å²) in [6, 6.07) is 13.0. The Labute approximate surface area is 141 Å². The number of rotatable bonds is 5. The molecule has 2 aromatic rings. The summed E-state index contributed by atoms with van der Waals surface area (Å²) in [4.78, 5) is 12.0. The molecule has 2 rings (SSSR count).